The lowest BCUT2D eigenvalue weighted by Gasteiger charge is -2.14. The van der Waals surface area contributed by atoms with Crippen molar-refractivity contribution < 1.29 is 14.1 Å². The van der Waals surface area contributed by atoms with Crippen LogP contribution in [0.1, 0.15) is 27.8 Å². The minimum Gasteiger partial charge on any atom is -0.488 e. The highest BCUT2D eigenvalue weighted by Gasteiger charge is 2.16. The van der Waals surface area contributed by atoms with E-state index in [9.17, 15) is 14.9 Å². The number of aryl methyl sites for hydroxylation is 2. The van der Waals surface area contributed by atoms with Crippen molar-refractivity contribution in [1.29, 1.82) is 0 Å². The van der Waals surface area contributed by atoms with E-state index in [-0.39, 0.29) is 17.9 Å². The van der Waals surface area contributed by atoms with Crippen molar-refractivity contribution >= 4 is 16.7 Å². The van der Waals surface area contributed by atoms with Crippen LogP contribution in [0.2, 0.25) is 0 Å². The molecule has 0 fully saturated rings. The number of ether oxygens (including phenoxy) is 1. The Balaban J connectivity index is 1.71. The van der Waals surface area contributed by atoms with Crippen LogP contribution in [-0.2, 0) is 13.0 Å². The van der Waals surface area contributed by atoms with Gasteiger partial charge in [0.05, 0.1) is 10.3 Å². The van der Waals surface area contributed by atoms with Gasteiger partial charge in [-0.1, -0.05) is 30.3 Å². The first-order chi connectivity index (χ1) is 14.9. The molecule has 6 nitrogen and oxygen atoms in total. The van der Waals surface area contributed by atoms with Crippen LogP contribution in [-0.4, -0.2) is 4.92 Å². The first kappa shape index (κ1) is 20.3. The maximum atomic E-state index is 12.7. The van der Waals surface area contributed by atoms with Crippen molar-refractivity contribution in [2.24, 2.45) is 0 Å². The van der Waals surface area contributed by atoms with Crippen molar-refractivity contribution in [1.82, 2.24) is 0 Å². The maximum Gasteiger partial charge on any atom is 0.340 e. The molecule has 0 radical (unpaired) electrons. The van der Waals surface area contributed by atoms with Crippen LogP contribution in [0.4, 0.5) is 5.69 Å². The number of rotatable bonds is 6. The van der Waals surface area contributed by atoms with Gasteiger partial charge in [0.25, 0.3) is 5.69 Å². The number of benzene rings is 3. The van der Waals surface area contributed by atoms with Gasteiger partial charge in [-0.25, -0.2) is 4.79 Å². The Bertz CT molecular complexity index is 1310. The van der Waals surface area contributed by atoms with Crippen LogP contribution in [0, 0.1) is 24.0 Å². The molecule has 0 unspecified atom stereocenters. The van der Waals surface area contributed by atoms with Gasteiger partial charge < -0.3 is 9.15 Å². The van der Waals surface area contributed by atoms with Gasteiger partial charge in [-0.15, -0.1) is 0 Å². The summed E-state index contributed by atoms with van der Waals surface area (Å²) >= 11 is 0. The molecule has 0 atom stereocenters. The number of nitro groups is 1. The van der Waals surface area contributed by atoms with Crippen molar-refractivity contribution in [2.45, 2.75) is 26.9 Å². The molecule has 0 spiro atoms. The summed E-state index contributed by atoms with van der Waals surface area (Å²) in [6, 6.07) is 19.8. The molecule has 0 saturated carbocycles. The van der Waals surface area contributed by atoms with E-state index in [4.69, 9.17) is 9.15 Å². The van der Waals surface area contributed by atoms with Gasteiger partial charge >= 0.3 is 5.63 Å². The molecule has 1 aromatic heterocycles. The lowest BCUT2D eigenvalue weighted by molar-refractivity contribution is -0.384. The summed E-state index contributed by atoms with van der Waals surface area (Å²) in [4.78, 5) is 23.1. The van der Waals surface area contributed by atoms with Crippen LogP contribution in [0.15, 0.2) is 75.9 Å². The fourth-order valence-corrected chi connectivity index (χ4v) is 3.63. The zero-order valence-electron chi connectivity index (χ0n) is 17.3. The molecule has 3 aromatic carbocycles. The quantitative estimate of drug-likeness (QED) is 0.236. The van der Waals surface area contributed by atoms with E-state index < -0.39 is 4.92 Å². The molecule has 4 aromatic rings. The third-order valence-corrected chi connectivity index (χ3v) is 5.25. The first-order valence-corrected chi connectivity index (χ1v) is 9.89. The number of hydrogen-bond acceptors (Lipinski definition) is 5. The molecule has 4 rings (SSSR count). The van der Waals surface area contributed by atoms with Crippen LogP contribution < -0.4 is 10.4 Å². The molecule has 0 aliphatic heterocycles. The Morgan fingerprint density at radius 1 is 0.968 bits per heavy atom. The Morgan fingerprint density at radius 3 is 2.35 bits per heavy atom. The fourth-order valence-electron chi connectivity index (χ4n) is 3.63. The van der Waals surface area contributed by atoms with Gasteiger partial charge in [0.1, 0.15) is 17.9 Å². The molecule has 0 aliphatic carbocycles. The molecule has 0 N–H and O–H groups in total. The minimum atomic E-state index is -0.432. The van der Waals surface area contributed by atoms with E-state index in [0.717, 1.165) is 27.6 Å². The van der Waals surface area contributed by atoms with Crippen LogP contribution in [0.3, 0.4) is 0 Å². The molecule has 0 amide bonds. The van der Waals surface area contributed by atoms with E-state index in [2.05, 4.69) is 0 Å². The summed E-state index contributed by atoms with van der Waals surface area (Å²) in [5.74, 6) is 0.615. The average Bonchev–Trinajstić information content (AvgIpc) is 2.75. The Labute approximate surface area is 178 Å². The van der Waals surface area contributed by atoms with Crippen molar-refractivity contribution in [3.8, 4) is 5.75 Å². The molecule has 0 saturated heterocycles. The topological polar surface area (TPSA) is 82.6 Å². The number of hydrogen-bond donors (Lipinski definition) is 0. The normalized spacial score (nSPS) is 10.9. The van der Waals surface area contributed by atoms with Gasteiger partial charge in [-0.2, -0.15) is 0 Å². The second-order valence-corrected chi connectivity index (χ2v) is 7.50. The molecule has 0 aliphatic rings. The lowest BCUT2D eigenvalue weighted by atomic mass is 9.98. The predicted octanol–water partition coefficient (Wildman–Crippen LogP) is 5.49. The monoisotopic (exact) mass is 415 g/mol. The molecule has 0 bridgehead atoms. The first-order valence-electron chi connectivity index (χ1n) is 9.89. The van der Waals surface area contributed by atoms with E-state index in [1.807, 2.05) is 56.3 Å². The lowest BCUT2D eigenvalue weighted by Crippen LogP contribution is -2.11. The summed E-state index contributed by atoms with van der Waals surface area (Å²) in [5, 5.41) is 11.6. The largest absolute Gasteiger partial charge is 0.488 e. The number of fused-ring (bicyclic) bond motifs is 1. The fraction of sp³-hybridized carbons (Fsp3) is 0.160. The van der Waals surface area contributed by atoms with Crippen molar-refractivity contribution in [2.75, 3.05) is 0 Å². The van der Waals surface area contributed by atoms with Gasteiger partial charge in [0.15, 0.2) is 0 Å². The highest BCUT2D eigenvalue weighted by Crippen LogP contribution is 2.32. The summed E-state index contributed by atoms with van der Waals surface area (Å²) in [6.45, 7) is 4.06. The number of nitrogens with zero attached hydrogens (tertiary/aromatic N) is 1. The van der Waals surface area contributed by atoms with E-state index in [1.54, 1.807) is 12.1 Å². The van der Waals surface area contributed by atoms with Crippen LogP contribution in [0.25, 0.3) is 11.0 Å². The Kier molecular flexibility index (Phi) is 5.54. The zero-order valence-corrected chi connectivity index (χ0v) is 17.3. The van der Waals surface area contributed by atoms with Crippen LogP contribution in [0.5, 0.6) is 5.75 Å². The van der Waals surface area contributed by atoms with E-state index in [1.165, 1.54) is 12.1 Å². The number of non-ortho nitro benzene ring substituents is 1. The predicted molar refractivity (Wildman–Crippen MR) is 119 cm³/mol. The smallest absolute Gasteiger partial charge is 0.340 e. The van der Waals surface area contributed by atoms with Gasteiger partial charge in [-0.05, 0) is 60.4 Å². The zero-order chi connectivity index (χ0) is 22.0. The van der Waals surface area contributed by atoms with Gasteiger partial charge in [0, 0.05) is 24.1 Å². The van der Waals surface area contributed by atoms with Crippen molar-refractivity contribution in [3.05, 3.63) is 115 Å². The van der Waals surface area contributed by atoms with Crippen molar-refractivity contribution in [3.63, 3.8) is 0 Å². The third kappa shape index (κ3) is 4.33. The second-order valence-electron chi connectivity index (χ2n) is 7.50. The highest BCUT2D eigenvalue weighted by molar-refractivity contribution is 5.88. The molecular weight excluding hydrogens is 394 g/mol. The third-order valence-electron chi connectivity index (χ3n) is 5.25. The Hall–Kier alpha value is -3.93. The summed E-state index contributed by atoms with van der Waals surface area (Å²) in [5.41, 5.74) is 4.34. The van der Waals surface area contributed by atoms with E-state index >= 15 is 0 Å². The van der Waals surface area contributed by atoms with Gasteiger partial charge in [0.2, 0.25) is 0 Å². The molecule has 31 heavy (non-hydrogen) atoms. The average molecular weight is 415 g/mol. The maximum absolute atomic E-state index is 12.7. The highest BCUT2D eigenvalue weighted by atomic mass is 16.6. The standard InChI is InChI=1S/C25H21NO5/c1-16-12-22(30-15-19-8-10-20(11-9-19)26(28)29)24-17(2)21(25(27)31-23(24)13-16)14-18-6-4-3-5-7-18/h3-13H,14-15H2,1-2H3. The minimum absolute atomic E-state index is 0.0351. The second kappa shape index (κ2) is 8.44. The molecule has 6 heteroatoms. The summed E-state index contributed by atoms with van der Waals surface area (Å²) in [6.07, 6.45) is 0.473. The Morgan fingerprint density at radius 2 is 1.68 bits per heavy atom. The molecule has 156 valence electrons. The summed E-state index contributed by atoms with van der Waals surface area (Å²) < 4.78 is 11.7. The number of nitro benzene ring substituents is 1. The van der Waals surface area contributed by atoms with Crippen LogP contribution >= 0.6 is 0 Å². The molecular formula is C25H21NO5. The summed E-state index contributed by atoms with van der Waals surface area (Å²) in [7, 11) is 0. The van der Waals surface area contributed by atoms with Gasteiger partial charge in [-0.3, -0.25) is 10.1 Å². The SMILES string of the molecule is Cc1cc(OCc2ccc([N+](=O)[O-])cc2)c2c(C)c(Cc3ccccc3)c(=O)oc2c1. The van der Waals surface area contributed by atoms with E-state index in [0.29, 0.717) is 23.3 Å². The molecule has 1 heterocycles.